The minimum Gasteiger partial charge on any atom is -0.0915 e. The molecule has 0 spiro atoms. The van der Waals surface area contributed by atoms with E-state index in [4.69, 9.17) is 174 Å². The molecular formula is C13H4Cl15. The fourth-order valence-corrected chi connectivity index (χ4v) is 3.71. The van der Waals surface area contributed by atoms with Crippen molar-refractivity contribution >= 4 is 174 Å². The Morgan fingerprint density at radius 1 is 0.464 bits per heavy atom. The second-order valence-electron chi connectivity index (χ2n) is 5.27. The van der Waals surface area contributed by atoms with Crippen LogP contribution in [0.2, 0.25) is 0 Å². The molecule has 0 heterocycles. The Hall–Kier alpha value is 3.57. The third kappa shape index (κ3) is 5.79. The minimum absolute atomic E-state index is 0.0511. The van der Waals surface area contributed by atoms with Crippen molar-refractivity contribution in [2.75, 3.05) is 0 Å². The van der Waals surface area contributed by atoms with Crippen molar-refractivity contribution in [3.63, 3.8) is 0 Å². The summed E-state index contributed by atoms with van der Waals surface area (Å²) in [6.07, 6.45) is 0. The molecule has 161 valence electrons. The van der Waals surface area contributed by atoms with E-state index in [1.165, 1.54) is 12.1 Å². The first-order valence-electron chi connectivity index (χ1n) is 6.34. The quantitative estimate of drug-likeness (QED) is 0.277. The van der Waals surface area contributed by atoms with Gasteiger partial charge in [0.05, 0.1) is 0 Å². The van der Waals surface area contributed by atoms with E-state index in [1.807, 2.05) is 0 Å². The SMILES string of the molecule is [CH2]c1c(C(Cl)(Cl)C(Cl)(Cl)Cl)cc(C(Cl)(Cl)C(Cl)(Cl)Cl)cc1C(Cl)(Cl)C(Cl)(Cl)Cl. The van der Waals surface area contributed by atoms with Gasteiger partial charge < -0.3 is 0 Å². The van der Waals surface area contributed by atoms with Crippen LogP contribution in [-0.4, -0.2) is 11.4 Å². The van der Waals surface area contributed by atoms with Gasteiger partial charge >= 0.3 is 0 Å². The van der Waals surface area contributed by atoms with E-state index in [0.717, 1.165) is 0 Å². The number of benzene rings is 1. The smallest absolute Gasteiger partial charge is 0.0915 e. The highest BCUT2D eigenvalue weighted by atomic mass is 35.6. The molecule has 0 aliphatic rings. The summed E-state index contributed by atoms with van der Waals surface area (Å²) >= 11 is 90.6. The fraction of sp³-hybridized carbons (Fsp3) is 0.462. The molecule has 0 N–H and O–H groups in total. The van der Waals surface area contributed by atoms with Crippen LogP contribution in [0.1, 0.15) is 22.3 Å². The summed E-state index contributed by atoms with van der Waals surface area (Å²) in [6.45, 7) is 3.79. The maximum atomic E-state index is 6.27. The summed E-state index contributed by atoms with van der Waals surface area (Å²) < 4.78 is -13.5. The molecule has 0 aliphatic heterocycles. The molecule has 1 aromatic carbocycles. The number of hydrogen-bond donors (Lipinski definition) is 0. The lowest BCUT2D eigenvalue weighted by atomic mass is 9.93. The predicted octanol–water partition coefficient (Wildman–Crippen LogP) is 10.9. The molecule has 0 aliphatic carbocycles. The average molecular weight is 692 g/mol. The molecule has 0 saturated carbocycles. The standard InChI is InChI=1S/C13H4Cl15/c1-4-6(9(16,17)12(23,24)25)2-5(8(14,15)11(20,21)22)3-7(4)10(18,19)13(26,27)28/h2-3H,1H2. The van der Waals surface area contributed by atoms with Crippen LogP contribution in [0, 0.1) is 6.92 Å². The number of rotatable bonds is 3. The largest absolute Gasteiger partial charge is 0.227 e. The van der Waals surface area contributed by atoms with Crippen LogP contribution in [0.25, 0.3) is 0 Å². The Morgan fingerprint density at radius 3 is 0.929 bits per heavy atom. The predicted molar refractivity (Wildman–Crippen MR) is 132 cm³/mol. The van der Waals surface area contributed by atoms with Crippen LogP contribution in [0.4, 0.5) is 0 Å². The zero-order valence-corrected chi connectivity index (χ0v) is 23.9. The van der Waals surface area contributed by atoms with Gasteiger partial charge in [-0.15, -0.1) is 0 Å². The third-order valence-corrected chi connectivity index (χ3v) is 10.6. The number of hydrogen-bond acceptors (Lipinski definition) is 0. The molecule has 0 aromatic heterocycles. The Balaban J connectivity index is 4.06. The Morgan fingerprint density at radius 2 is 0.714 bits per heavy atom. The highest BCUT2D eigenvalue weighted by Crippen LogP contribution is 2.60. The molecular weight excluding hydrogens is 688 g/mol. The van der Waals surface area contributed by atoms with Gasteiger partial charge in [-0.1, -0.05) is 174 Å². The summed E-state index contributed by atoms with van der Waals surface area (Å²) in [5, 5.41) is 0. The summed E-state index contributed by atoms with van der Waals surface area (Å²) in [5.41, 5.74) is -0.468. The number of halogens is 15. The van der Waals surface area contributed by atoms with Gasteiger partial charge in [0.2, 0.25) is 11.4 Å². The van der Waals surface area contributed by atoms with Gasteiger partial charge in [0.1, 0.15) is 0 Å². The fourth-order valence-electron chi connectivity index (χ4n) is 1.88. The van der Waals surface area contributed by atoms with Crippen molar-refractivity contribution in [3.8, 4) is 0 Å². The van der Waals surface area contributed by atoms with Crippen LogP contribution < -0.4 is 0 Å². The van der Waals surface area contributed by atoms with E-state index < -0.39 is 24.4 Å². The van der Waals surface area contributed by atoms with E-state index in [-0.39, 0.29) is 22.3 Å². The Labute approximate surface area is 237 Å². The topological polar surface area (TPSA) is 0 Å². The van der Waals surface area contributed by atoms with Gasteiger partial charge in [-0.25, -0.2) is 0 Å². The van der Waals surface area contributed by atoms with E-state index in [1.54, 1.807) is 0 Å². The maximum Gasteiger partial charge on any atom is 0.227 e. The second kappa shape index (κ2) is 9.31. The first kappa shape index (κ1) is 29.6. The van der Waals surface area contributed by atoms with Crippen LogP contribution in [0.3, 0.4) is 0 Å². The van der Waals surface area contributed by atoms with Gasteiger partial charge in [0.25, 0.3) is 0 Å². The summed E-state index contributed by atoms with van der Waals surface area (Å²) in [6, 6.07) is 2.38. The lowest BCUT2D eigenvalue weighted by molar-refractivity contribution is 0.809. The zero-order chi connectivity index (χ0) is 22.7. The van der Waals surface area contributed by atoms with Gasteiger partial charge in [-0.05, 0) is 41.3 Å². The van der Waals surface area contributed by atoms with Gasteiger partial charge in [-0.3, -0.25) is 0 Å². The maximum absolute atomic E-state index is 6.27. The van der Waals surface area contributed by atoms with E-state index in [2.05, 4.69) is 6.92 Å². The number of alkyl halides is 15. The first-order valence-corrected chi connectivity index (χ1v) is 12.0. The van der Waals surface area contributed by atoms with Crippen molar-refractivity contribution in [1.29, 1.82) is 0 Å². The van der Waals surface area contributed by atoms with Crippen molar-refractivity contribution in [3.05, 3.63) is 41.3 Å². The van der Waals surface area contributed by atoms with Gasteiger partial charge in [-0.2, -0.15) is 0 Å². The van der Waals surface area contributed by atoms with Crippen LogP contribution in [0.5, 0.6) is 0 Å². The van der Waals surface area contributed by atoms with E-state index >= 15 is 0 Å². The summed E-state index contributed by atoms with van der Waals surface area (Å²) in [7, 11) is 0. The molecule has 1 aromatic rings. The highest BCUT2D eigenvalue weighted by molar-refractivity contribution is 6.77. The second-order valence-corrected chi connectivity index (χ2v) is 16.1. The van der Waals surface area contributed by atoms with Crippen molar-refractivity contribution in [2.24, 2.45) is 0 Å². The molecule has 0 amide bonds. The van der Waals surface area contributed by atoms with Crippen LogP contribution in [0.15, 0.2) is 12.1 Å². The van der Waals surface area contributed by atoms with Crippen LogP contribution in [-0.2, 0) is 13.0 Å². The van der Waals surface area contributed by atoms with Crippen molar-refractivity contribution < 1.29 is 0 Å². The van der Waals surface area contributed by atoms with Crippen molar-refractivity contribution in [1.82, 2.24) is 0 Å². The first-order chi connectivity index (χ1) is 12.0. The van der Waals surface area contributed by atoms with E-state index in [0.29, 0.717) is 0 Å². The Kier molecular flexibility index (Phi) is 9.85. The van der Waals surface area contributed by atoms with Crippen molar-refractivity contribution in [2.45, 2.75) is 24.4 Å². The molecule has 0 bridgehead atoms. The molecule has 0 saturated heterocycles. The minimum atomic E-state index is -2.28. The summed E-state index contributed by atoms with van der Waals surface area (Å²) in [4.78, 5) is 0. The highest BCUT2D eigenvalue weighted by Gasteiger charge is 2.55. The monoisotopic (exact) mass is 685 g/mol. The average Bonchev–Trinajstić information content (AvgIpc) is 2.42. The van der Waals surface area contributed by atoms with Crippen LogP contribution >= 0.6 is 174 Å². The molecule has 1 radical (unpaired) electrons. The zero-order valence-electron chi connectivity index (χ0n) is 12.5. The lowest BCUT2D eigenvalue weighted by Crippen LogP contribution is -2.35. The molecule has 1 rings (SSSR count). The molecule has 0 nitrogen and oxygen atoms in total. The molecule has 0 fully saturated rings. The van der Waals surface area contributed by atoms with Gasteiger partial charge in [0.15, 0.2) is 13.0 Å². The molecule has 15 heteroatoms. The molecule has 0 atom stereocenters. The molecule has 0 unspecified atom stereocenters. The normalized spacial score (nSPS) is 15.1. The van der Waals surface area contributed by atoms with E-state index in [9.17, 15) is 0 Å². The third-order valence-electron chi connectivity index (χ3n) is 3.36. The lowest BCUT2D eigenvalue weighted by Gasteiger charge is -2.36. The molecule has 28 heavy (non-hydrogen) atoms. The van der Waals surface area contributed by atoms with Gasteiger partial charge in [0, 0.05) is 0 Å². The Bertz CT molecular complexity index is 685. The summed E-state index contributed by atoms with van der Waals surface area (Å²) in [5.74, 6) is 0.